The number of hydrogen-bond acceptors (Lipinski definition) is 1. The molecule has 1 aliphatic rings. The van der Waals surface area contributed by atoms with Crippen LogP contribution in [0.25, 0.3) is 5.57 Å². The Kier molecular flexibility index (Phi) is 5.00. The Morgan fingerprint density at radius 1 is 1.22 bits per heavy atom. The van der Waals surface area contributed by atoms with Gasteiger partial charge in [0.1, 0.15) is 0 Å². The standard InChI is InChI=1S/C17H24O/c1-14(15-9-5-3-6-10-15)13-17(18-2)16-11-7-4-8-12-16/h3,5-6,9-10,16-17H,1,4,7-8,11-13H2,2H3. The van der Waals surface area contributed by atoms with Gasteiger partial charge in [-0.15, -0.1) is 0 Å². The minimum atomic E-state index is 0.345. The Morgan fingerprint density at radius 3 is 2.50 bits per heavy atom. The highest BCUT2D eigenvalue weighted by Gasteiger charge is 2.24. The SMILES string of the molecule is C=C(CC(OC)C1CCCCC1)c1ccccc1. The number of hydrogen-bond donors (Lipinski definition) is 0. The van der Waals surface area contributed by atoms with Gasteiger partial charge in [0, 0.05) is 7.11 Å². The molecule has 1 nitrogen and oxygen atoms in total. The monoisotopic (exact) mass is 244 g/mol. The second kappa shape index (κ2) is 6.75. The van der Waals surface area contributed by atoms with E-state index in [0.29, 0.717) is 6.10 Å². The van der Waals surface area contributed by atoms with Crippen molar-refractivity contribution in [2.24, 2.45) is 5.92 Å². The third-order valence-electron chi connectivity index (χ3n) is 4.11. The molecular formula is C17H24O. The molecule has 1 aliphatic carbocycles. The Bertz CT molecular complexity index is 362. The second-order valence-electron chi connectivity index (χ2n) is 5.35. The summed E-state index contributed by atoms with van der Waals surface area (Å²) in [6.07, 6.45) is 8.07. The molecule has 1 aromatic rings. The molecule has 0 N–H and O–H groups in total. The van der Waals surface area contributed by atoms with Crippen molar-refractivity contribution in [1.29, 1.82) is 0 Å². The van der Waals surface area contributed by atoms with Gasteiger partial charge in [0.2, 0.25) is 0 Å². The summed E-state index contributed by atoms with van der Waals surface area (Å²) in [5.74, 6) is 0.726. The number of rotatable bonds is 5. The first-order valence-corrected chi connectivity index (χ1v) is 7.07. The van der Waals surface area contributed by atoms with Gasteiger partial charge in [-0.1, -0.05) is 56.2 Å². The average Bonchev–Trinajstić information content (AvgIpc) is 2.46. The van der Waals surface area contributed by atoms with Crippen molar-refractivity contribution in [1.82, 2.24) is 0 Å². The summed E-state index contributed by atoms with van der Waals surface area (Å²) < 4.78 is 5.72. The summed E-state index contributed by atoms with van der Waals surface area (Å²) in [5, 5.41) is 0. The maximum absolute atomic E-state index is 5.72. The maximum atomic E-state index is 5.72. The molecule has 0 aromatic heterocycles. The van der Waals surface area contributed by atoms with E-state index in [9.17, 15) is 0 Å². The van der Waals surface area contributed by atoms with Gasteiger partial charge < -0.3 is 4.74 Å². The first kappa shape index (κ1) is 13.4. The van der Waals surface area contributed by atoms with Gasteiger partial charge in [-0.3, -0.25) is 0 Å². The minimum Gasteiger partial charge on any atom is -0.381 e. The number of methoxy groups -OCH3 is 1. The quantitative estimate of drug-likeness (QED) is 0.730. The van der Waals surface area contributed by atoms with Crippen LogP contribution >= 0.6 is 0 Å². The first-order valence-electron chi connectivity index (χ1n) is 7.07. The first-order chi connectivity index (χ1) is 8.81. The molecule has 1 fully saturated rings. The van der Waals surface area contributed by atoms with Gasteiger partial charge in [0.15, 0.2) is 0 Å². The van der Waals surface area contributed by atoms with Gasteiger partial charge in [0.05, 0.1) is 6.10 Å². The lowest BCUT2D eigenvalue weighted by atomic mass is 9.82. The Morgan fingerprint density at radius 2 is 1.89 bits per heavy atom. The summed E-state index contributed by atoms with van der Waals surface area (Å²) in [6.45, 7) is 4.23. The summed E-state index contributed by atoms with van der Waals surface area (Å²) in [6, 6.07) is 10.5. The largest absolute Gasteiger partial charge is 0.381 e. The van der Waals surface area contributed by atoms with Gasteiger partial charge in [-0.25, -0.2) is 0 Å². The third-order valence-corrected chi connectivity index (χ3v) is 4.11. The van der Waals surface area contributed by atoms with Crippen molar-refractivity contribution in [3.05, 3.63) is 42.5 Å². The highest BCUT2D eigenvalue weighted by atomic mass is 16.5. The molecule has 98 valence electrons. The van der Waals surface area contributed by atoms with Gasteiger partial charge in [-0.2, -0.15) is 0 Å². The average molecular weight is 244 g/mol. The van der Waals surface area contributed by atoms with Crippen LogP contribution in [0, 0.1) is 5.92 Å². The van der Waals surface area contributed by atoms with Crippen LogP contribution in [-0.2, 0) is 4.74 Å². The molecule has 0 aliphatic heterocycles. The topological polar surface area (TPSA) is 9.23 Å². The van der Waals surface area contributed by atoms with E-state index in [1.807, 2.05) is 13.2 Å². The fourth-order valence-electron chi connectivity index (χ4n) is 2.98. The van der Waals surface area contributed by atoms with Crippen LogP contribution < -0.4 is 0 Å². The molecular weight excluding hydrogens is 220 g/mol. The van der Waals surface area contributed by atoms with E-state index in [2.05, 4.69) is 30.8 Å². The summed E-state index contributed by atoms with van der Waals surface area (Å²) in [4.78, 5) is 0. The predicted octanol–water partition coefficient (Wildman–Crippen LogP) is 4.69. The molecule has 1 atom stereocenters. The molecule has 0 heterocycles. The lowest BCUT2D eigenvalue weighted by Gasteiger charge is -2.29. The fourth-order valence-corrected chi connectivity index (χ4v) is 2.98. The van der Waals surface area contributed by atoms with Gasteiger partial charge in [-0.05, 0) is 36.3 Å². The van der Waals surface area contributed by atoms with Gasteiger partial charge >= 0.3 is 0 Å². The smallest absolute Gasteiger partial charge is 0.0639 e. The lowest BCUT2D eigenvalue weighted by molar-refractivity contribution is 0.0405. The number of benzene rings is 1. The van der Waals surface area contributed by atoms with Crippen molar-refractivity contribution in [3.8, 4) is 0 Å². The number of ether oxygens (including phenoxy) is 1. The van der Waals surface area contributed by atoms with E-state index in [0.717, 1.165) is 12.3 Å². The molecule has 0 spiro atoms. The van der Waals surface area contributed by atoms with E-state index in [-0.39, 0.29) is 0 Å². The Hall–Kier alpha value is -1.08. The zero-order chi connectivity index (χ0) is 12.8. The molecule has 18 heavy (non-hydrogen) atoms. The normalized spacial score (nSPS) is 18.5. The molecule has 2 rings (SSSR count). The van der Waals surface area contributed by atoms with Crippen LogP contribution in [0.2, 0.25) is 0 Å². The van der Waals surface area contributed by atoms with E-state index >= 15 is 0 Å². The Labute approximate surface area is 111 Å². The van der Waals surface area contributed by atoms with E-state index in [1.165, 1.54) is 43.2 Å². The van der Waals surface area contributed by atoms with Crippen molar-refractivity contribution in [2.45, 2.75) is 44.6 Å². The molecule has 1 aromatic carbocycles. The van der Waals surface area contributed by atoms with E-state index in [4.69, 9.17) is 4.74 Å². The fraction of sp³-hybridized carbons (Fsp3) is 0.529. The minimum absolute atomic E-state index is 0.345. The second-order valence-corrected chi connectivity index (χ2v) is 5.35. The van der Waals surface area contributed by atoms with Crippen molar-refractivity contribution in [3.63, 3.8) is 0 Å². The Balaban J connectivity index is 1.95. The van der Waals surface area contributed by atoms with Crippen molar-refractivity contribution in [2.75, 3.05) is 7.11 Å². The molecule has 0 bridgehead atoms. The maximum Gasteiger partial charge on any atom is 0.0639 e. The van der Waals surface area contributed by atoms with Gasteiger partial charge in [0.25, 0.3) is 0 Å². The van der Waals surface area contributed by atoms with Crippen molar-refractivity contribution < 1.29 is 4.74 Å². The van der Waals surface area contributed by atoms with Crippen LogP contribution in [-0.4, -0.2) is 13.2 Å². The van der Waals surface area contributed by atoms with Crippen LogP contribution in [0.5, 0.6) is 0 Å². The third kappa shape index (κ3) is 3.46. The predicted molar refractivity (Wildman–Crippen MR) is 77.5 cm³/mol. The summed E-state index contributed by atoms with van der Waals surface area (Å²) in [7, 11) is 1.84. The summed E-state index contributed by atoms with van der Waals surface area (Å²) in [5.41, 5.74) is 2.45. The molecule has 1 saturated carbocycles. The zero-order valence-electron chi connectivity index (χ0n) is 11.4. The van der Waals surface area contributed by atoms with Crippen LogP contribution in [0.4, 0.5) is 0 Å². The molecule has 1 unspecified atom stereocenters. The highest BCUT2D eigenvalue weighted by molar-refractivity contribution is 5.63. The molecule has 1 heteroatoms. The zero-order valence-corrected chi connectivity index (χ0v) is 11.4. The van der Waals surface area contributed by atoms with Crippen LogP contribution in [0.1, 0.15) is 44.1 Å². The summed E-state index contributed by atoms with van der Waals surface area (Å²) >= 11 is 0. The van der Waals surface area contributed by atoms with Crippen LogP contribution in [0.15, 0.2) is 36.9 Å². The molecule has 0 saturated heterocycles. The lowest BCUT2D eigenvalue weighted by Crippen LogP contribution is -2.25. The highest BCUT2D eigenvalue weighted by Crippen LogP contribution is 2.32. The molecule has 0 radical (unpaired) electrons. The van der Waals surface area contributed by atoms with E-state index < -0.39 is 0 Å². The molecule has 0 amide bonds. The van der Waals surface area contributed by atoms with E-state index in [1.54, 1.807) is 0 Å². The van der Waals surface area contributed by atoms with Crippen molar-refractivity contribution >= 4 is 5.57 Å². The van der Waals surface area contributed by atoms with Crippen LogP contribution in [0.3, 0.4) is 0 Å².